The van der Waals surface area contributed by atoms with Gasteiger partial charge in [0.1, 0.15) is 0 Å². The van der Waals surface area contributed by atoms with Crippen LogP contribution in [0.25, 0.3) is 0 Å². The van der Waals surface area contributed by atoms with Crippen LogP contribution >= 0.6 is 0 Å². The second-order valence-corrected chi connectivity index (χ2v) is 4.03. The standard InChI is InChI=1S/C13H17NO/c1-2-7-14-9-12-6-4-3-5-11(12)8-13(14)10-15/h2-6,13,15H,1,7-10H2/t13-/m0/s1. The average molecular weight is 203 g/mol. The van der Waals surface area contributed by atoms with Gasteiger partial charge in [-0.15, -0.1) is 6.58 Å². The third-order valence-electron chi connectivity index (χ3n) is 3.04. The van der Waals surface area contributed by atoms with E-state index in [2.05, 4.69) is 35.7 Å². The first-order valence-electron chi connectivity index (χ1n) is 5.37. The Balaban J connectivity index is 2.22. The zero-order chi connectivity index (χ0) is 10.7. The average Bonchev–Trinajstić information content (AvgIpc) is 2.28. The lowest BCUT2D eigenvalue weighted by Gasteiger charge is -2.35. The highest BCUT2D eigenvalue weighted by atomic mass is 16.3. The lowest BCUT2D eigenvalue weighted by atomic mass is 9.94. The van der Waals surface area contributed by atoms with Crippen molar-refractivity contribution in [1.82, 2.24) is 4.90 Å². The quantitative estimate of drug-likeness (QED) is 0.754. The molecule has 1 N–H and O–H groups in total. The van der Waals surface area contributed by atoms with Crippen LogP contribution in [0.3, 0.4) is 0 Å². The third kappa shape index (κ3) is 2.11. The van der Waals surface area contributed by atoms with Crippen molar-refractivity contribution in [3.05, 3.63) is 48.0 Å². The molecule has 0 spiro atoms. The van der Waals surface area contributed by atoms with E-state index in [0.717, 1.165) is 19.5 Å². The van der Waals surface area contributed by atoms with Crippen LogP contribution in [0.15, 0.2) is 36.9 Å². The van der Waals surface area contributed by atoms with E-state index in [9.17, 15) is 5.11 Å². The number of hydrogen-bond donors (Lipinski definition) is 1. The maximum absolute atomic E-state index is 9.34. The molecule has 0 fully saturated rings. The number of nitrogens with zero attached hydrogens (tertiary/aromatic N) is 1. The summed E-state index contributed by atoms with van der Waals surface area (Å²) in [5.74, 6) is 0. The van der Waals surface area contributed by atoms with Gasteiger partial charge in [0.2, 0.25) is 0 Å². The molecule has 2 nitrogen and oxygen atoms in total. The summed E-state index contributed by atoms with van der Waals surface area (Å²) in [5.41, 5.74) is 2.75. The lowest BCUT2D eigenvalue weighted by molar-refractivity contribution is 0.118. The fourth-order valence-corrected chi connectivity index (χ4v) is 2.20. The Morgan fingerprint density at radius 1 is 1.40 bits per heavy atom. The summed E-state index contributed by atoms with van der Waals surface area (Å²) < 4.78 is 0. The van der Waals surface area contributed by atoms with E-state index >= 15 is 0 Å². The van der Waals surface area contributed by atoms with Gasteiger partial charge in [0.15, 0.2) is 0 Å². The van der Waals surface area contributed by atoms with Crippen molar-refractivity contribution in [2.24, 2.45) is 0 Å². The minimum atomic E-state index is 0.224. The van der Waals surface area contributed by atoms with Gasteiger partial charge in [-0.05, 0) is 17.5 Å². The summed E-state index contributed by atoms with van der Waals surface area (Å²) in [6.45, 7) is 5.75. The number of aliphatic hydroxyl groups is 1. The summed E-state index contributed by atoms with van der Waals surface area (Å²) >= 11 is 0. The molecule has 0 radical (unpaired) electrons. The molecular formula is C13H17NO. The molecule has 1 aliphatic heterocycles. The predicted molar refractivity (Wildman–Crippen MR) is 61.6 cm³/mol. The minimum Gasteiger partial charge on any atom is -0.395 e. The van der Waals surface area contributed by atoms with Crippen LogP contribution in [0, 0.1) is 0 Å². The zero-order valence-electron chi connectivity index (χ0n) is 8.89. The van der Waals surface area contributed by atoms with Crippen molar-refractivity contribution in [2.45, 2.75) is 19.0 Å². The normalized spacial score (nSPS) is 21.0. The molecular weight excluding hydrogens is 186 g/mol. The lowest BCUT2D eigenvalue weighted by Crippen LogP contribution is -2.42. The second-order valence-electron chi connectivity index (χ2n) is 4.03. The fraction of sp³-hybridized carbons (Fsp3) is 0.385. The van der Waals surface area contributed by atoms with Crippen LogP contribution in [-0.2, 0) is 13.0 Å². The first-order valence-corrected chi connectivity index (χ1v) is 5.37. The van der Waals surface area contributed by atoms with Gasteiger partial charge in [-0.1, -0.05) is 30.3 Å². The van der Waals surface area contributed by atoms with Crippen LogP contribution in [0.1, 0.15) is 11.1 Å². The highest BCUT2D eigenvalue weighted by Gasteiger charge is 2.23. The fourth-order valence-electron chi connectivity index (χ4n) is 2.20. The van der Waals surface area contributed by atoms with E-state index in [4.69, 9.17) is 0 Å². The Labute approximate surface area is 90.8 Å². The Morgan fingerprint density at radius 2 is 2.13 bits per heavy atom. The van der Waals surface area contributed by atoms with Gasteiger partial charge < -0.3 is 5.11 Å². The monoisotopic (exact) mass is 203 g/mol. The van der Waals surface area contributed by atoms with Crippen molar-refractivity contribution in [3.8, 4) is 0 Å². The van der Waals surface area contributed by atoms with Crippen LogP contribution in [0.2, 0.25) is 0 Å². The smallest absolute Gasteiger partial charge is 0.0590 e. The second kappa shape index (κ2) is 4.60. The van der Waals surface area contributed by atoms with Crippen molar-refractivity contribution in [1.29, 1.82) is 0 Å². The predicted octanol–water partition coefficient (Wildman–Crippen LogP) is 1.59. The Kier molecular flexibility index (Phi) is 3.19. The SMILES string of the molecule is C=CCN1Cc2ccccc2C[C@H]1CO. The Bertz CT molecular complexity index is 348. The number of benzene rings is 1. The molecule has 2 heteroatoms. The van der Waals surface area contributed by atoms with Crippen LogP contribution in [0.5, 0.6) is 0 Å². The van der Waals surface area contributed by atoms with E-state index in [1.54, 1.807) is 0 Å². The first-order chi connectivity index (χ1) is 7.35. The maximum Gasteiger partial charge on any atom is 0.0590 e. The number of fused-ring (bicyclic) bond motifs is 1. The molecule has 1 aliphatic rings. The molecule has 1 aromatic carbocycles. The topological polar surface area (TPSA) is 23.5 Å². The largest absolute Gasteiger partial charge is 0.395 e. The Morgan fingerprint density at radius 3 is 2.80 bits per heavy atom. The number of hydrogen-bond acceptors (Lipinski definition) is 2. The molecule has 1 atom stereocenters. The van der Waals surface area contributed by atoms with Gasteiger partial charge in [-0.2, -0.15) is 0 Å². The molecule has 0 unspecified atom stereocenters. The molecule has 15 heavy (non-hydrogen) atoms. The van der Waals surface area contributed by atoms with Gasteiger partial charge in [-0.3, -0.25) is 4.90 Å². The zero-order valence-corrected chi connectivity index (χ0v) is 8.89. The maximum atomic E-state index is 9.34. The minimum absolute atomic E-state index is 0.224. The molecule has 0 saturated heterocycles. The molecule has 1 heterocycles. The molecule has 1 aromatic rings. The van der Waals surface area contributed by atoms with Gasteiger partial charge in [0, 0.05) is 19.1 Å². The number of rotatable bonds is 3. The van der Waals surface area contributed by atoms with Crippen LogP contribution in [-0.4, -0.2) is 29.2 Å². The van der Waals surface area contributed by atoms with Crippen molar-refractivity contribution in [2.75, 3.05) is 13.2 Å². The van der Waals surface area contributed by atoms with Crippen molar-refractivity contribution in [3.63, 3.8) is 0 Å². The van der Waals surface area contributed by atoms with Gasteiger partial charge in [0.25, 0.3) is 0 Å². The summed E-state index contributed by atoms with van der Waals surface area (Å²) in [7, 11) is 0. The summed E-state index contributed by atoms with van der Waals surface area (Å²) in [6, 6.07) is 8.71. The molecule has 2 rings (SSSR count). The molecule has 0 saturated carbocycles. The first kappa shape index (κ1) is 10.4. The molecule has 0 aromatic heterocycles. The van der Waals surface area contributed by atoms with E-state index in [1.807, 2.05) is 6.08 Å². The van der Waals surface area contributed by atoms with Gasteiger partial charge in [0.05, 0.1) is 6.61 Å². The van der Waals surface area contributed by atoms with Crippen LogP contribution in [0.4, 0.5) is 0 Å². The van der Waals surface area contributed by atoms with Gasteiger partial charge in [-0.25, -0.2) is 0 Å². The highest BCUT2D eigenvalue weighted by molar-refractivity contribution is 5.30. The molecule has 0 bridgehead atoms. The third-order valence-corrected chi connectivity index (χ3v) is 3.04. The number of aliphatic hydroxyl groups excluding tert-OH is 1. The highest BCUT2D eigenvalue weighted by Crippen LogP contribution is 2.22. The molecule has 0 amide bonds. The van der Waals surface area contributed by atoms with Gasteiger partial charge >= 0.3 is 0 Å². The summed E-state index contributed by atoms with van der Waals surface area (Å²) in [6.07, 6.45) is 2.84. The van der Waals surface area contributed by atoms with Crippen LogP contribution < -0.4 is 0 Å². The van der Waals surface area contributed by atoms with E-state index < -0.39 is 0 Å². The van der Waals surface area contributed by atoms with Crippen molar-refractivity contribution >= 4 is 0 Å². The van der Waals surface area contributed by atoms with E-state index in [0.29, 0.717) is 0 Å². The summed E-state index contributed by atoms with van der Waals surface area (Å²) in [4.78, 5) is 2.27. The van der Waals surface area contributed by atoms with E-state index in [1.165, 1.54) is 11.1 Å². The molecule has 80 valence electrons. The van der Waals surface area contributed by atoms with Crippen molar-refractivity contribution < 1.29 is 5.11 Å². The van der Waals surface area contributed by atoms with E-state index in [-0.39, 0.29) is 12.6 Å². The summed E-state index contributed by atoms with van der Waals surface area (Å²) in [5, 5.41) is 9.34. The Hall–Kier alpha value is -1.12. The molecule has 0 aliphatic carbocycles.